The summed E-state index contributed by atoms with van der Waals surface area (Å²) in [6, 6.07) is 9.24. The van der Waals surface area contributed by atoms with Crippen molar-refractivity contribution in [3.8, 4) is 0 Å². The number of hydrogen-bond acceptors (Lipinski definition) is 5. The molecule has 0 saturated carbocycles. The molecule has 2 rings (SSSR count). The van der Waals surface area contributed by atoms with Gasteiger partial charge in [0.25, 0.3) is 0 Å². The Hall–Kier alpha value is -2.44. The number of Topliss-reactive ketones (excluding diaryl/α,β-unsaturated/α-hetero) is 1. The second-order valence-corrected chi connectivity index (χ2v) is 6.99. The van der Waals surface area contributed by atoms with E-state index in [4.69, 9.17) is 4.74 Å². The number of ketones is 1. The first kappa shape index (κ1) is 21.9. The minimum Gasteiger partial charge on any atom is -0.461 e. The van der Waals surface area contributed by atoms with Gasteiger partial charge in [0, 0.05) is 37.3 Å². The van der Waals surface area contributed by atoms with E-state index in [2.05, 4.69) is 5.32 Å². The summed E-state index contributed by atoms with van der Waals surface area (Å²) in [5, 5.41) is 13.6. The predicted molar refractivity (Wildman–Crippen MR) is 109 cm³/mol. The Morgan fingerprint density at radius 3 is 2.46 bits per heavy atom. The van der Waals surface area contributed by atoms with Gasteiger partial charge in [-0.2, -0.15) is 0 Å². The summed E-state index contributed by atoms with van der Waals surface area (Å²) in [7, 11) is 1.77. The largest absolute Gasteiger partial charge is 0.461 e. The lowest BCUT2D eigenvalue weighted by Crippen LogP contribution is -2.33. The maximum absolute atomic E-state index is 12.8. The van der Waals surface area contributed by atoms with Crippen LogP contribution in [0.4, 0.5) is 0 Å². The molecule has 0 amide bonds. The SMILES string of the molecule is CCOC(=O)c1c(C)c(C(=O)CCN[C@@H](C)[C@H](O)c2ccccc2)c(C)n1C. The Labute approximate surface area is 166 Å². The third kappa shape index (κ3) is 4.69. The topological polar surface area (TPSA) is 80.6 Å². The Morgan fingerprint density at radius 2 is 1.86 bits per heavy atom. The van der Waals surface area contributed by atoms with Crippen molar-refractivity contribution in [2.24, 2.45) is 7.05 Å². The van der Waals surface area contributed by atoms with Gasteiger partial charge in [-0.25, -0.2) is 4.79 Å². The van der Waals surface area contributed by atoms with Gasteiger partial charge < -0.3 is 19.7 Å². The zero-order valence-corrected chi connectivity index (χ0v) is 17.3. The van der Waals surface area contributed by atoms with Crippen LogP contribution in [0.2, 0.25) is 0 Å². The smallest absolute Gasteiger partial charge is 0.355 e. The number of esters is 1. The zero-order chi connectivity index (χ0) is 20.8. The maximum Gasteiger partial charge on any atom is 0.355 e. The van der Waals surface area contributed by atoms with E-state index in [1.165, 1.54) is 0 Å². The van der Waals surface area contributed by atoms with E-state index in [0.717, 1.165) is 11.3 Å². The van der Waals surface area contributed by atoms with Crippen LogP contribution in [-0.2, 0) is 11.8 Å². The quantitative estimate of drug-likeness (QED) is 0.511. The number of hydrogen-bond donors (Lipinski definition) is 2. The highest BCUT2D eigenvalue weighted by Gasteiger charge is 2.25. The summed E-state index contributed by atoms with van der Waals surface area (Å²) < 4.78 is 6.83. The average Bonchev–Trinajstić information content (AvgIpc) is 2.90. The Morgan fingerprint density at radius 1 is 1.21 bits per heavy atom. The highest BCUT2D eigenvalue weighted by molar-refractivity contribution is 6.02. The van der Waals surface area contributed by atoms with E-state index >= 15 is 0 Å². The zero-order valence-electron chi connectivity index (χ0n) is 17.3. The number of carbonyl (C=O) groups excluding carboxylic acids is 2. The number of aliphatic hydroxyl groups is 1. The van der Waals surface area contributed by atoms with E-state index in [-0.39, 0.29) is 24.9 Å². The van der Waals surface area contributed by atoms with Crippen LogP contribution in [0.1, 0.15) is 64.0 Å². The molecule has 2 N–H and O–H groups in total. The summed E-state index contributed by atoms with van der Waals surface area (Å²) in [5.41, 5.74) is 3.23. The molecule has 0 radical (unpaired) electrons. The molecule has 0 fully saturated rings. The van der Waals surface area contributed by atoms with Crippen molar-refractivity contribution in [3.05, 3.63) is 58.4 Å². The molecule has 0 aliphatic heterocycles. The molecule has 1 aromatic heterocycles. The third-order valence-electron chi connectivity index (χ3n) is 5.11. The summed E-state index contributed by atoms with van der Waals surface area (Å²) >= 11 is 0. The van der Waals surface area contributed by atoms with Crippen LogP contribution in [-0.4, -0.2) is 40.6 Å². The molecule has 28 heavy (non-hydrogen) atoms. The summed E-state index contributed by atoms with van der Waals surface area (Å²) in [6.45, 7) is 7.98. The van der Waals surface area contributed by atoms with E-state index in [1.807, 2.05) is 44.2 Å². The molecular weight excluding hydrogens is 356 g/mol. The number of aliphatic hydroxyl groups excluding tert-OH is 1. The molecule has 0 aliphatic carbocycles. The molecule has 6 nitrogen and oxygen atoms in total. The molecule has 1 heterocycles. The second-order valence-electron chi connectivity index (χ2n) is 6.99. The van der Waals surface area contributed by atoms with Gasteiger partial charge >= 0.3 is 5.97 Å². The number of aromatic nitrogens is 1. The lowest BCUT2D eigenvalue weighted by atomic mass is 10.0. The predicted octanol–water partition coefficient (Wildman–Crippen LogP) is 3.10. The molecule has 0 unspecified atom stereocenters. The molecule has 0 saturated heterocycles. The van der Waals surface area contributed by atoms with Gasteiger partial charge in [-0.15, -0.1) is 0 Å². The van der Waals surface area contributed by atoms with E-state index in [1.54, 1.807) is 25.5 Å². The Bertz CT molecular complexity index is 827. The first-order valence-corrected chi connectivity index (χ1v) is 9.62. The van der Waals surface area contributed by atoms with Crippen molar-refractivity contribution in [3.63, 3.8) is 0 Å². The highest BCUT2D eigenvalue weighted by atomic mass is 16.5. The van der Waals surface area contributed by atoms with Crippen LogP contribution in [0, 0.1) is 13.8 Å². The van der Waals surface area contributed by atoms with Gasteiger partial charge in [0.1, 0.15) is 5.69 Å². The number of benzene rings is 1. The minimum absolute atomic E-state index is 0.0324. The monoisotopic (exact) mass is 386 g/mol. The van der Waals surface area contributed by atoms with E-state index < -0.39 is 12.1 Å². The van der Waals surface area contributed by atoms with Crippen molar-refractivity contribution >= 4 is 11.8 Å². The van der Waals surface area contributed by atoms with Gasteiger partial charge in [-0.1, -0.05) is 30.3 Å². The number of ether oxygens (including phenoxy) is 1. The van der Waals surface area contributed by atoms with Crippen LogP contribution in [0.25, 0.3) is 0 Å². The molecule has 1 aromatic carbocycles. The van der Waals surface area contributed by atoms with Crippen molar-refractivity contribution in [1.82, 2.24) is 9.88 Å². The fourth-order valence-electron chi connectivity index (χ4n) is 3.47. The third-order valence-corrected chi connectivity index (χ3v) is 5.11. The van der Waals surface area contributed by atoms with Crippen molar-refractivity contribution in [2.45, 2.75) is 46.3 Å². The van der Waals surface area contributed by atoms with Crippen LogP contribution < -0.4 is 5.32 Å². The molecule has 2 atom stereocenters. The fourth-order valence-corrected chi connectivity index (χ4v) is 3.47. The molecule has 2 aromatic rings. The number of carbonyl (C=O) groups is 2. The van der Waals surface area contributed by atoms with Gasteiger partial charge in [0.15, 0.2) is 5.78 Å². The first-order valence-electron chi connectivity index (χ1n) is 9.62. The maximum atomic E-state index is 12.8. The normalized spacial score (nSPS) is 13.2. The lowest BCUT2D eigenvalue weighted by Gasteiger charge is -2.20. The van der Waals surface area contributed by atoms with Crippen molar-refractivity contribution in [2.75, 3.05) is 13.2 Å². The van der Waals surface area contributed by atoms with Gasteiger partial charge in [0.2, 0.25) is 0 Å². The molecular formula is C22H30N2O4. The summed E-state index contributed by atoms with van der Waals surface area (Å²) in [5.74, 6) is -0.447. The van der Waals surface area contributed by atoms with Crippen molar-refractivity contribution in [1.29, 1.82) is 0 Å². The number of nitrogens with one attached hydrogen (secondary N) is 1. The minimum atomic E-state index is -0.646. The first-order chi connectivity index (χ1) is 13.3. The Balaban J connectivity index is 2.02. The fraction of sp³-hybridized carbons (Fsp3) is 0.455. The van der Waals surface area contributed by atoms with Crippen LogP contribution >= 0.6 is 0 Å². The molecule has 6 heteroatoms. The molecule has 0 bridgehead atoms. The molecule has 152 valence electrons. The van der Waals surface area contributed by atoms with Gasteiger partial charge in [-0.05, 0) is 38.8 Å². The summed E-state index contributed by atoms with van der Waals surface area (Å²) in [4.78, 5) is 25.0. The van der Waals surface area contributed by atoms with Crippen LogP contribution in [0.5, 0.6) is 0 Å². The van der Waals surface area contributed by atoms with Gasteiger partial charge in [0.05, 0.1) is 12.7 Å². The molecule has 0 aliphatic rings. The van der Waals surface area contributed by atoms with Crippen LogP contribution in [0.15, 0.2) is 30.3 Å². The second kappa shape index (κ2) is 9.66. The summed E-state index contributed by atoms with van der Waals surface area (Å²) in [6.07, 6.45) is -0.369. The van der Waals surface area contributed by atoms with E-state index in [9.17, 15) is 14.7 Å². The number of rotatable bonds is 9. The lowest BCUT2D eigenvalue weighted by molar-refractivity contribution is 0.0514. The molecule has 0 spiro atoms. The Kier molecular flexibility index (Phi) is 7.54. The van der Waals surface area contributed by atoms with E-state index in [0.29, 0.717) is 23.4 Å². The van der Waals surface area contributed by atoms with Gasteiger partial charge in [-0.3, -0.25) is 4.79 Å². The average molecular weight is 386 g/mol. The highest BCUT2D eigenvalue weighted by Crippen LogP contribution is 2.23. The van der Waals surface area contributed by atoms with Crippen LogP contribution in [0.3, 0.4) is 0 Å². The standard InChI is InChI=1S/C22H30N2O4/c1-6-28-22(27)20-14(2)19(16(4)24(20)5)18(25)12-13-23-15(3)21(26)17-10-8-7-9-11-17/h7-11,15,21,23,26H,6,12-13H2,1-5H3/t15-,21-/m0/s1. The van der Waals surface area contributed by atoms with Crippen molar-refractivity contribution < 1.29 is 19.4 Å². The number of nitrogens with zero attached hydrogens (tertiary/aromatic N) is 1.